The van der Waals surface area contributed by atoms with Crippen molar-refractivity contribution in [3.05, 3.63) is 42.1 Å². The second-order valence-electron chi connectivity index (χ2n) is 10.2. The van der Waals surface area contributed by atoms with E-state index in [1.807, 2.05) is 37.3 Å². The van der Waals surface area contributed by atoms with Crippen molar-refractivity contribution in [1.82, 2.24) is 15.1 Å². The molecule has 2 aromatic rings. The topological polar surface area (TPSA) is 102 Å². The van der Waals surface area contributed by atoms with E-state index in [4.69, 9.17) is 4.74 Å². The zero-order chi connectivity index (χ0) is 23.2. The maximum absolute atomic E-state index is 13.2. The highest BCUT2D eigenvalue weighted by Crippen LogP contribution is 2.62. The van der Waals surface area contributed by atoms with E-state index in [1.165, 1.54) is 6.92 Å². The van der Waals surface area contributed by atoms with E-state index in [9.17, 15) is 14.4 Å². The third-order valence-electron chi connectivity index (χ3n) is 7.37. The number of carbonyl (C=O) groups excluding carboxylic acids is 3. The van der Waals surface area contributed by atoms with Crippen molar-refractivity contribution in [2.75, 3.05) is 11.9 Å². The van der Waals surface area contributed by atoms with Crippen LogP contribution >= 0.6 is 0 Å². The van der Waals surface area contributed by atoms with Gasteiger partial charge in [0.1, 0.15) is 5.82 Å². The van der Waals surface area contributed by atoms with E-state index >= 15 is 0 Å². The maximum Gasteiger partial charge on any atom is 0.312 e. The van der Waals surface area contributed by atoms with Gasteiger partial charge in [-0.2, -0.15) is 5.10 Å². The van der Waals surface area contributed by atoms with Gasteiger partial charge in [-0.3, -0.25) is 14.4 Å². The van der Waals surface area contributed by atoms with Crippen LogP contribution in [0.1, 0.15) is 51.1 Å². The van der Waals surface area contributed by atoms with Gasteiger partial charge in [0.2, 0.25) is 5.91 Å². The molecule has 33 heavy (non-hydrogen) atoms. The summed E-state index contributed by atoms with van der Waals surface area (Å²) >= 11 is 0. The highest BCUT2D eigenvalue weighted by Gasteiger charge is 2.61. The molecule has 1 aromatic carbocycles. The predicted octanol–water partition coefficient (Wildman–Crippen LogP) is 3.14. The largest absolute Gasteiger partial charge is 0.455 e. The second kappa shape index (κ2) is 8.01. The van der Waals surface area contributed by atoms with E-state index in [2.05, 4.69) is 15.7 Å². The van der Waals surface area contributed by atoms with Crippen LogP contribution in [0.25, 0.3) is 5.69 Å². The van der Waals surface area contributed by atoms with Gasteiger partial charge >= 0.3 is 5.97 Å². The Hall–Kier alpha value is -3.16. The fourth-order valence-electron chi connectivity index (χ4n) is 6.84. The monoisotopic (exact) mass is 450 g/mol. The average molecular weight is 451 g/mol. The molecular formula is C25H30N4O4. The van der Waals surface area contributed by atoms with Crippen molar-refractivity contribution < 1.29 is 19.1 Å². The molecule has 2 atom stereocenters. The van der Waals surface area contributed by atoms with Gasteiger partial charge in [-0.15, -0.1) is 0 Å². The fourth-order valence-corrected chi connectivity index (χ4v) is 6.84. The SMILES string of the molecule is CC(=O)NC12C[C@@H]3C[C@@H](C1)CC(C(=O)OCC(=O)Nc1cc(C)nn1-c1ccccc1)(C3)C2. The fraction of sp³-hybridized carbons (Fsp3) is 0.520. The molecule has 4 bridgehead atoms. The van der Waals surface area contributed by atoms with Crippen LogP contribution in [0.3, 0.4) is 0 Å². The number of rotatable bonds is 6. The Morgan fingerprint density at radius 3 is 2.48 bits per heavy atom. The Balaban J connectivity index is 1.25. The van der Waals surface area contributed by atoms with Crippen LogP contribution in [0.5, 0.6) is 0 Å². The van der Waals surface area contributed by atoms with Crippen molar-refractivity contribution in [2.24, 2.45) is 17.3 Å². The number of benzene rings is 1. The number of nitrogens with one attached hydrogen (secondary N) is 2. The maximum atomic E-state index is 13.2. The molecule has 1 aromatic heterocycles. The summed E-state index contributed by atoms with van der Waals surface area (Å²) in [5.41, 5.74) is 0.685. The summed E-state index contributed by atoms with van der Waals surface area (Å²) in [7, 11) is 0. The number of hydrogen-bond donors (Lipinski definition) is 2. The van der Waals surface area contributed by atoms with Gasteiger partial charge in [0.15, 0.2) is 6.61 Å². The third kappa shape index (κ3) is 4.14. The summed E-state index contributed by atoms with van der Waals surface area (Å²) in [5, 5.41) is 10.4. The van der Waals surface area contributed by atoms with E-state index in [-0.39, 0.29) is 24.0 Å². The Morgan fingerprint density at radius 1 is 1.12 bits per heavy atom. The second-order valence-corrected chi connectivity index (χ2v) is 10.2. The smallest absolute Gasteiger partial charge is 0.312 e. The van der Waals surface area contributed by atoms with E-state index in [0.29, 0.717) is 24.1 Å². The minimum atomic E-state index is -0.602. The van der Waals surface area contributed by atoms with Crippen molar-refractivity contribution in [1.29, 1.82) is 0 Å². The lowest BCUT2D eigenvalue weighted by Gasteiger charge is -2.60. The van der Waals surface area contributed by atoms with Crippen LogP contribution in [-0.2, 0) is 19.1 Å². The minimum absolute atomic E-state index is 0.0508. The molecule has 8 nitrogen and oxygen atoms in total. The number of anilines is 1. The number of ether oxygens (including phenoxy) is 1. The zero-order valence-corrected chi connectivity index (χ0v) is 19.1. The first-order valence-corrected chi connectivity index (χ1v) is 11.6. The molecule has 6 rings (SSSR count). The number of aromatic nitrogens is 2. The number of aryl methyl sites for hydroxylation is 1. The Labute approximate surface area is 193 Å². The van der Waals surface area contributed by atoms with Gasteiger partial charge in [-0.1, -0.05) is 18.2 Å². The summed E-state index contributed by atoms with van der Waals surface area (Å²) in [6, 6.07) is 11.3. The van der Waals surface area contributed by atoms with Crippen LogP contribution < -0.4 is 10.6 Å². The van der Waals surface area contributed by atoms with Crippen LogP contribution in [-0.4, -0.2) is 39.7 Å². The molecule has 0 radical (unpaired) electrons. The van der Waals surface area contributed by atoms with Gasteiger partial charge in [-0.05, 0) is 69.4 Å². The molecule has 1 heterocycles. The Bertz CT molecular complexity index is 1080. The van der Waals surface area contributed by atoms with Gasteiger partial charge in [0, 0.05) is 18.5 Å². The number of hydrogen-bond acceptors (Lipinski definition) is 5. The summed E-state index contributed by atoms with van der Waals surface area (Å²) < 4.78 is 7.23. The first-order chi connectivity index (χ1) is 15.8. The van der Waals surface area contributed by atoms with Crippen LogP contribution in [0.15, 0.2) is 36.4 Å². The van der Waals surface area contributed by atoms with Crippen LogP contribution in [0.2, 0.25) is 0 Å². The molecule has 2 amide bonds. The van der Waals surface area contributed by atoms with Gasteiger partial charge in [-0.25, -0.2) is 4.68 Å². The zero-order valence-electron chi connectivity index (χ0n) is 19.1. The van der Waals surface area contributed by atoms with Gasteiger partial charge in [0.05, 0.1) is 16.8 Å². The lowest BCUT2D eigenvalue weighted by Crippen LogP contribution is -2.64. The first-order valence-electron chi connectivity index (χ1n) is 11.6. The molecule has 4 aliphatic rings. The number of nitrogens with zero attached hydrogens (tertiary/aromatic N) is 2. The quantitative estimate of drug-likeness (QED) is 0.659. The Kier molecular flexibility index (Phi) is 5.26. The van der Waals surface area contributed by atoms with E-state index in [0.717, 1.165) is 43.5 Å². The molecule has 4 saturated carbocycles. The normalized spacial score (nSPS) is 29.5. The van der Waals surface area contributed by atoms with Crippen molar-refractivity contribution in [3.63, 3.8) is 0 Å². The molecule has 8 heteroatoms. The van der Waals surface area contributed by atoms with Gasteiger partial charge in [0.25, 0.3) is 5.91 Å². The molecule has 4 aliphatic carbocycles. The first kappa shape index (κ1) is 21.7. The lowest BCUT2D eigenvalue weighted by atomic mass is 9.47. The number of amides is 2. The molecule has 2 N–H and O–H groups in total. The lowest BCUT2D eigenvalue weighted by molar-refractivity contribution is -0.176. The van der Waals surface area contributed by atoms with E-state index in [1.54, 1.807) is 10.7 Å². The number of para-hydroxylation sites is 1. The molecule has 0 unspecified atom stereocenters. The highest BCUT2D eigenvalue weighted by atomic mass is 16.5. The van der Waals surface area contributed by atoms with Crippen LogP contribution in [0, 0.1) is 24.2 Å². The summed E-state index contributed by atoms with van der Waals surface area (Å²) in [5.74, 6) is 0.602. The average Bonchev–Trinajstić information content (AvgIpc) is 3.10. The standard InChI is InChI=1S/C25H30N4O4/c1-16-8-21(29(28-16)20-6-4-3-5-7-20)26-22(31)14-33-23(32)24-10-18-9-19(11-24)13-25(12-18,15-24)27-17(2)30/h3-8,18-19H,9-15H2,1-2H3,(H,26,31)(H,27,30)/t18-,19-,24?,25?/m1/s1. The summed E-state index contributed by atoms with van der Waals surface area (Å²) in [6.07, 6.45) is 5.14. The summed E-state index contributed by atoms with van der Waals surface area (Å²) in [6.45, 7) is 3.05. The predicted molar refractivity (Wildman–Crippen MR) is 122 cm³/mol. The number of carbonyl (C=O) groups is 3. The van der Waals surface area contributed by atoms with Crippen LogP contribution in [0.4, 0.5) is 5.82 Å². The molecule has 0 aliphatic heterocycles. The Morgan fingerprint density at radius 2 is 1.82 bits per heavy atom. The molecule has 0 spiro atoms. The van der Waals surface area contributed by atoms with Crippen molar-refractivity contribution in [2.45, 2.75) is 57.9 Å². The van der Waals surface area contributed by atoms with E-state index < -0.39 is 11.3 Å². The molecule has 4 fully saturated rings. The number of esters is 1. The van der Waals surface area contributed by atoms with Gasteiger partial charge < -0.3 is 15.4 Å². The third-order valence-corrected chi connectivity index (χ3v) is 7.37. The summed E-state index contributed by atoms with van der Waals surface area (Å²) in [4.78, 5) is 37.7. The highest BCUT2D eigenvalue weighted by molar-refractivity contribution is 5.93. The molecule has 174 valence electrons. The molecule has 0 saturated heterocycles. The minimum Gasteiger partial charge on any atom is -0.455 e. The molecular weight excluding hydrogens is 420 g/mol. The van der Waals surface area contributed by atoms with Crippen molar-refractivity contribution in [3.8, 4) is 5.69 Å². The van der Waals surface area contributed by atoms with Crippen molar-refractivity contribution >= 4 is 23.6 Å².